The van der Waals surface area contributed by atoms with Crippen LogP contribution in [0.1, 0.15) is 163 Å². The Bertz CT molecular complexity index is 461. The van der Waals surface area contributed by atoms with Gasteiger partial charge in [0.2, 0.25) is 0 Å². The largest absolute Gasteiger partial charge is 0.301 e. The molecule has 0 N–H and O–H groups in total. The molecule has 4 unspecified atom stereocenters. The highest BCUT2D eigenvalue weighted by Crippen LogP contribution is 2.39. The highest BCUT2D eigenvalue weighted by molar-refractivity contribution is 4.84. The van der Waals surface area contributed by atoms with Crippen molar-refractivity contribution in [3.05, 3.63) is 0 Å². The van der Waals surface area contributed by atoms with Crippen molar-refractivity contribution in [2.75, 3.05) is 13.1 Å². The van der Waals surface area contributed by atoms with Gasteiger partial charge in [0.1, 0.15) is 0 Å². The molecule has 1 aliphatic carbocycles. The SMILES string of the molecule is CCCCCCCC(CC)CC(C)CCC(C)CCCCCC(C)N1CCC(C2CCC2)CC1. The molecule has 0 aromatic rings. The molecule has 1 heterocycles. The van der Waals surface area contributed by atoms with E-state index in [1.54, 1.807) is 0 Å². The van der Waals surface area contributed by atoms with Gasteiger partial charge in [0.15, 0.2) is 0 Å². The van der Waals surface area contributed by atoms with E-state index in [-0.39, 0.29) is 0 Å². The van der Waals surface area contributed by atoms with Crippen molar-refractivity contribution in [3.63, 3.8) is 0 Å². The fourth-order valence-electron chi connectivity index (χ4n) is 6.96. The summed E-state index contributed by atoms with van der Waals surface area (Å²) in [4.78, 5) is 2.81. The van der Waals surface area contributed by atoms with Gasteiger partial charge < -0.3 is 4.90 Å². The van der Waals surface area contributed by atoms with Crippen LogP contribution in [0.4, 0.5) is 0 Å². The average Bonchev–Trinajstić information content (AvgIpc) is 2.81. The zero-order chi connectivity index (χ0) is 24.6. The van der Waals surface area contributed by atoms with Crippen molar-refractivity contribution in [1.82, 2.24) is 4.90 Å². The lowest BCUT2D eigenvalue weighted by molar-refractivity contribution is 0.0824. The first-order chi connectivity index (χ1) is 16.5. The number of piperidine rings is 1. The van der Waals surface area contributed by atoms with Crippen LogP contribution in [-0.4, -0.2) is 24.0 Å². The maximum Gasteiger partial charge on any atom is 0.00669 e. The maximum atomic E-state index is 2.81. The van der Waals surface area contributed by atoms with Gasteiger partial charge in [0, 0.05) is 6.04 Å². The first-order valence-electron chi connectivity index (χ1n) is 16.3. The third-order valence-corrected chi connectivity index (χ3v) is 10.0. The summed E-state index contributed by atoms with van der Waals surface area (Å²) in [5.74, 6) is 5.02. The standard InChI is InChI=1S/C33H65N/c1-6-8-9-10-14-18-31(7-2)27-29(4)22-21-28(3)16-12-11-13-17-30(5)34-25-23-33(24-26-34)32-19-15-20-32/h28-33H,6-27H2,1-5H3. The summed E-state index contributed by atoms with van der Waals surface area (Å²) in [6, 6.07) is 0.818. The van der Waals surface area contributed by atoms with Crippen LogP contribution in [0.5, 0.6) is 0 Å². The van der Waals surface area contributed by atoms with Crippen LogP contribution in [0.2, 0.25) is 0 Å². The molecule has 1 saturated carbocycles. The van der Waals surface area contributed by atoms with E-state index < -0.39 is 0 Å². The maximum absolute atomic E-state index is 2.81. The van der Waals surface area contributed by atoms with Crippen molar-refractivity contribution in [2.24, 2.45) is 29.6 Å². The molecule has 0 aromatic heterocycles. The monoisotopic (exact) mass is 476 g/mol. The van der Waals surface area contributed by atoms with Gasteiger partial charge in [0.05, 0.1) is 0 Å². The van der Waals surface area contributed by atoms with E-state index in [1.165, 1.54) is 142 Å². The molecule has 2 aliphatic rings. The molecule has 34 heavy (non-hydrogen) atoms. The van der Waals surface area contributed by atoms with E-state index in [9.17, 15) is 0 Å². The smallest absolute Gasteiger partial charge is 0.00669 e. The van der Waals surface area contributed by atoms with Crippen LogP contribution < -0.4 is 0 Å². The second-order valence-electron chi connectivity index (χ2n) is 13.1. The second kappa shape index (κ2) is 18.2. The predicted molar refractivity (Wildman–Crippen MR) is 154 cm³/mol. The van der Waals surface area contributed by atoms with Crippen molar-refractivity contribution in [1.29, 1.82) is 0 Å². The molecule has 4 atom stereocenters. The first kappa shape index (κ1) is 30.2. The minimum atomic E-state index is 0.818. The summed E-state index contributed by atoms with van der Waals surface area (Å²) in [6.07, 6.45) is 29.3. The number of hydrogen-bond acceptors (Lipinski definition) is 1. The summed E-state index contributed by atoms with van der Waals surface area (Å²) in [6.45, 7) is 15.1. The van der Waals surface area contributed by atoms with Crippen LogP contribution >= 0.6 is 0 Å². The predicted octanol–water partition coefficient (Wildman–Crippen LogP) is 10.7. The van der Waals surface area contributed by atoms with Gasteiger partial charge in [-0.2, -0.15) is 0 Å². The molecular formula is C33H65N. The highest BCUT2D eigenvalue weighted by Gasteiger charge is 2.31. The number of likely N-dealkylation sites (tertiary alicyclic amines) is 1. The van der Waals surface area contributed by atoms with Gasteiger partial charge in [-0.15, -0.1) is 0 Å². The Balaban J connectivity index is 1.44. The molecular weight excluding hydrogens is 410 g/mol. The Morgan fingerprint density at radius 2 is 1.21 bits per heavy atom. The lowest BCUT2D eigenvalue weighted by atomic mass is 9.72. The van der Waals surface area contributed by atoms with Crippen LogP contribution in [-0.2, 0) is 0 Å². The van der Waals surface area contributed by atoms with Gasteiger partial charge in [-0.25, -0.2) is 0 Å². The molecule has 1 aliphatic heterocycles. The molecule has 0 amide bonds. The summed E-state index contributed by atoms with van der Waals surface area (Å²) in [5.41, 5.74) is 0. The van der Waals surface area contributed by atoms with Crippen molar-refractivity contribution >= 4 is 0 Å². The number of hydrogen-bond donors (Lipinski definition) is 0. The Hall–Kier alpha value is -0.0400. The fourth-order valence-corrected chi connectivity index (χ4v) is 6.96. The Morgan fingerprint density at radius 1 is 0.618 bits per heavy atom. The van der Waals surface area contributed by atoms with Crippen molar-refractivity contribution in [3.8, 4) is 0 Å². The zero-order valence-electron chi connectivity index (χ0n) is 24.5. The molecule has 0 aromatic carbocycles. The topological polar surface area (TPSA) is 3.24 Å². The molecule has 1 nitrogen and oxygen atoms in total. The number of rotatable bonds is 20. The van der Waals surface area contributed by atoms with Gasteiger partial charge in [-0.3, -0.25) is 0 Å². The molecule has 1 saturated heterocycles. The third kappa shape index (κ3) is 12.3. The van der Waals surface area contributed by atoms with E-state index >= 15 is 0 Å². The summed E-state index contributed by atoms with van der Waals surface area (Å²) >= 11 is 0. The quantitative estimate of drug-likeness (QED) is 0.158. The van der Waals surface area contributed by atoms with E-state index in [0.29, 0.717) is 0 Å². The van der Waals surface area contributed by atoms with Crippen LogP contribution in [0.15, 0.2) is 0 Å². The van der Waals surface area contributed by atoms with Crippen molar-refractivity contribution < 1.29 is 0 Å². The summed E-state index contributed by atoms with van der Waals surface area (Å²) < 4.78 is 0. The van der Waals surface area contributed by atoms with Gasteiger partial charge in [-0.05, 0) is 75.3 Å². The normalized spacial score (nSPS) is 21.8. The molecule has 2 fully saturated rings. The molecule has 0 radical (unpaired) electrons. The van der Waals surface area contributed by atoms with Gasteiger partial charge in [-0.1, -0.05) is 130 Å². The lowest BCUT2D eigenvalue weighted by Crippen LogP contribution is -2.42. The zero-order valence-corrected chi connectivity index (χ0v) is 24.5. The number of nitrogens with zero attached hydrogens (tertiary/aromatic N) is 1. The summed E-state index contributed by atoms with van der Waals surface area (Å²) in [7, 11) is 0. The van der Waals surface area contributed by atoms with E-state index in [4.69, 9.17) is 0 Å². The van der Waals surface area contributed by atoms with Crippen molar-refractivity contribution in [2.45, 2.75) is 169 Å². The van der Waals surface area contributed by atoms with E-state index in [1.807, 2.05) is 0 Å². The Kier molecular flexibility index (Phi) is 16.2. The lowest BCUT2D eigenvalue weighted by Gasteiger charge is -2.41. The first-order valence-corrected chi connectivity index (χ1v) is 16.3. The van der Waals surface area contributed by atoms with Crippen LogP contribution in [0.3, 0.4) is 0 Å². The highest BCUT2D eigenvalue weighted by atomic mass is 15.2. The van der Waals surface area contributed by atoms with Crippen LogP contribution in [0, 0.1) is 29.6 Å². The Labute approximate surface area is 216 Å². The Morgan fingerprint density at radius 3 is 1.85 bits per heavy atom. The minimum Gasteiger partial charge on any atom is -0.301 e. The van der Waals surface area contributed by atoms with E-state index in [0.717, 1.165) is 35.6 Å². The molecule has 0 spiro atoms. The molecule has 1 heteroatoms. The molecule has 2 rings (SSSR count). The molecule has 0 bridgehead atoms. The average molecular weight is 476 g/mol. The fraction of sp³-hybridized carbons (Fsp3) is 1.00. The number of unbranched alkanes of at least 4 members (excludes halogenated alkanes) is 6. The summed E-state index contributed by atoms with van der Waals surface area (Å²) in [5, 5.41) is 0. The minimum absolute atomic E-state index is 0.818. The van der Waals surface area contributed by atoms with Crippen LogP contribution in [0.25, 0.3) is 0 Å². The molecule has 202 valence electrons. The second-order valence-corrected chi connectivity index (χ2v) is 13.1. The third-order valence-electron chi connectivity index (χ3n) is 10.0. The van der Waals surface area contributed by atoms with E-state index in [2.05, 4.69) is 39.5 Å². The van der Waals surface area contributed by atoms with Gasteiger partial charge >= 0.3 is 0 Å². The van der Waals surface area contributed by atoms with Gasteiger partial charge in [0.25, 0.3) is 0 Å².